The first-order chi connectivity index (χ1) is 13.6. The number of hydrogen-bond acceptors (Lipinski definition) is 6. The SMILES string of the molecule is Cc1c(CF)cccc1Cc1c(CN)nc2c(N)cc(N3CCOCC3)nn12. The van der Waals surface area contributed by atoms with Crippen LogP contribution in [-0.4, -0.2) is 40.9 Å². The Balaban J connectivity index is 1.81. The van der Waals surface area contributed by atoms with Gasteiger partial charge in [-0.25, -0.2) is 13.9 Å². The first-order valence-electron chi connectivity index (χ1n) is 9.45. The van der Waals surface area contributed by atoms with Gasteiger partial charge in [0, 0.05) is 32.1 Å². The molecule has 3 aromatic rings. The Morgan fingerprint density at radius 1 is 1.21 bits per heavy atom. The summed E-state index contributed by atoms with van der Waals surface area (Å²) in [6.07, 6.45) is 0.562. The quantitative estimate of drug-likeness (QED) is 0.698. The van der Waals surface area contributed by atoms with Crippen molar-refractivity contribution >= 4 is 17.2 Å². The normalized spacial score (nSPS) is 14.8. The fraction of sp³-hybridized carbons (Fsp3) is 0.400. The average Bonchev–Trinajstić information content (AvgIpc) is 3.08. The van der Waals surface area contributed by atoms with Crippen molar-refractivity contribution in [1.82, 2.24) is 14.6 Å². The number of aromatic nitrogens is 3. The first kappa shape index (κ1) is 18.6. The molecule has 28 heavy (non-hydrogen) atoms. The summed E-state index contributed by atoms with van der Waals surface area (Å²) in [5.41, 5.74) is 17.7. The Labute approximate surface area is 163 Å². The number of anilines is 2. The predicted molar refractivity (Wildman–Crippen MR) is 107 cm³/mol. The summed E-state index contributed by atoms with van der Waals surface area (Å²) in [6.45, 7) is 4.61. The zero-order chi connectivity index (χ0) is 19.7. The number of benzene rings is 1. The van der Waals surface area contributed by atoms with E-state index in [4.69, 9.17) is 21.3 Å². The summed E-state index contributed by atoms with van der Waals surface area (Å²) < 4.78 is 20.5. The Kier molecular flexibility index (Phi) is 5.15. The van der Waals surface area contributed by atoms with E-state index < -0.39 is 6.67 Å². The number of nitrogens with two attached hydrogens (primary N) is 2. The molecule has 0 atom stereocenters. The highest BCUT2D eigenvalue weighted by Gasteiger charge is 2.20. The zero-order valence-electron chi connectivity index (χ0n) is 16.0. The molecule has 0 saturated carbocycles. The highest BCUT2D eigenvalue weighted by Crippen LogP contribution is 2.26. The molecule has 0 radical (unpaired) electrons. The number of nitrogen functional groups attached to an aromatic ring is 1. The van der Waals surface area contributed by atoms with Crippen molar-refractivity contribution < 1.29 is 9.13 Å². The lowest BCUT2D eigenvalue weighted by molar-refractivity contribution is 0.122. The zero-order valence-corrected chi connectivity index (χ0v) is 16.0. The molecule has 0 unspecified atom stereocenters. The van der Waals surface area contributed by atoms with Crippen LogP contribution in [0.1, 0.15) is 28.1 Å². The number of imidazole rings is 1. The summed E-state index contributed by atoms with van der Waals surface area (Å²) in [5.74, 6) is 0.796. The number of fused-ring (bicyclic) bond motifs is 1. The van der Waals surface area contributed by atoms with Gasteiger partial charge < -0.3 is 21.1 Å². The van der Waals surface area contributed by atoms with Crippen LogP contribution in [0.25, 0.3) is 5.65 Å². The molecule has 7 nitrogen and oxygen atoms in total. The number of nitrogens with zero attached hydrogens (tertiary/aromatic N) is 4. The van der Waals surface area contributed by atoms with Gasteiger partial charge in [0.2, 0.25) is 0 Å². The van der Waals surface area contributed by atoms with Crippen LogP contribution in [0, 0.1) is 6.92 Å². The maximum absolute atomic E-state index is 13.3. The van der Waals surface area contributed by atoms with Crippen LogP contribution in [0.4, 0.5) is 15.9 Å². The summed E-state index contributed by atoms with van der Waals surface area (Å²) >= 11 is 0. The molecule has 0 bridgehead atoms. The van der Waals surface area contributed by atoms with Crippen LogP contribution in [0.3, 0.4) is 0 Å². The highest BCUT2D eigenvalue weighted by molar-refractivity contribution is 5.69. The Morgan fingerprint density at radius 2 is 1.96 bits per heavy atom. The summed E-state index contributed by atoms with van der Waals surface area (Å²) in [7, 11) is 0. The third kappa shape index (κ3) is 3.29. The molecule has 4 N–H and O–H groups in total. The minimum absolute atomic E-state index is 0.285. The third-order valence-electron chi connectivity index (χ3n) is 5.36. The minimum atomic E-state index is -0.483. The number of morpholine rings is 1. The summed E-state index contributed by atoms with van der Waals surface area (Å²) in [5, 5.41) is 4.81. The lowest BCUT2D eigenvalue weighted by atomic mass is 9.99. The van der Waals surface area contributed by atoms with Crippen molar-refractivity contribution in [1.29, 1.82) is 0 Å². The number of hydrogen-bond donors (Lipinski definition) is 2. The molecule has 1 aromatic carbocycles. The second kappa shape index (κ2) is 7.73. The van der Waals surface area contributed by atoms with Gasteiger partial charge in [0.15, 0.2) is 11.5 Å². The lowest BCUT2D eigenvalue weighted by Crippen LogP contribution is -2.37. The third-order valence-corrected chi connectivity index (χ3v) is 5.36. The molecule has 0 amide bonds. The highest BCUT2D eigenvalue weighted by atomic mass is 19.1. The molecule has 1 aliphatic rings. The van der Waals surface area contributed by atoms with Crippen LogP contribution >= 0.6 is 0 Å². The van der Waals surface area contributed by atoms with Gasteiger partial charge in [-0.15, -0.1) is 5.10 Å². The number of ether oxygens (including phenoxy) is 1. The molecule has 148 valence electrons. The van der Waals surface area contributed by atoms with E-state index in [0.29, 0.717) is 36.5 Å². The van der Waals surface area contributed by atoms with Gasteiger partial charge in [0.1, 0.15) is 6.67 Å². The van der Waals surface area contributed by atoms with Gasteiger partial charge in [0.05, 0.1) is 30.3 Å². The molecule has 1 aliphatic heterocycles. The lowest BCUT2D eigenvalue weighted by Gasteiger charge is -2.27. The van der Waals surface area contributed by atoms with E-state index in [9.17, 15) is 4.39 Å². The Morgan fingerprint density at radius 3 is 2.68 bits per heavy atom. The van der Waals surface area contributed by atoms with Gasteiger partial charge in [-0.1, -0.05) is 18.2 Å². The minimum Gasteiger partial charge on any atom is -0.396 e. The maximum Gasteiger partial charge on any atom is 0.177 e. The van der Waals surface area contributed by atoms with E-state index >= 15 is 0 Å². The number of halogens is 1. The van der Waals surface area contributed by atoms with Crippen molar-refractivity contribution in [3.8, 4) is 0 Å². The molecule has 1 saturated heterocycles. The number of alkyl halides is 1. The predicted octanol–water partition coefficient (Wildman–Crippen LogP) is 1.98. The van der Waals surface area contributed by atoms with Crippen LogP contribution in [0.5, 0.6) is 0 Å². The van der Waals surface area contributed by atoms with Crippen LogP contribution in [0.15, 0.2) is 24.3 Å². The Hall–Kier alpha value is -2.71. The maximum atomic E-state index is 13.3. The standard InChI is InChI=1S/C20H25FN6O/c1-13-14(3-2-4-15(13)11-21)9-18-17(12-22)24-20-16(23)10-19(25-27(18)20)26-5-7-28-8-6-26/h2-4,10H,5-9,11-12,22-23H2,1H3. The summed E-state index contributed by atoms with van der Waals surface area (Å²) in [4.78, 5) is 6.77. The fourth-order valence-electron chi connectivity index (χ4n) is 3.66. The van der Waals surface area contributed by atoms with Crippen LogP contribution in [0.2, 0.25) is 0 Å². The molecule has 3 heterocycles. The first-order valence-corrected chi connectivity index (χ1v) is 9.45. The van der Waals surface area contributed by atoms with Crippen molar-refractivity contribution in [2.45, 2.75) is 26.6 Å². The fourth-order valence-corrected chi connectivity index (χ4v) is 3.66. The smallest absolute Gasteiger partial charge is 0.177 e. The van der Waals surface area contributed by atoms with Crippen molar-refractivity contribution in [2.24, 2.45) is 5.73 Å². The topological polar surface area (TPSA) is 94.7 Å². The van der Waals surface area contributed by atoms with Gasteiger partial charge in [0.25, 0.3) is 0 Å². The van der Waals surface area contributed by atoms with Crippen LogP contribution < -0.4 is 16.4 Å². The molecule has 1 fully saturated rings. The second-order valence-electron chi connectivity index (χ2n) is 7.01. The van der Waals surface area contributed by atoms with Crippen molar-refractivity contribution in [3.63, 3.8) is 0 Å². The molecule has 8 heteroatoms. The average molecular weight is 384 g/mol. The van der Waals surface area contributed by atoms with E-state index in [1.54, 1.807) is 4.52 Å². The van der Waals surface area contributed by atoms with Gasteiger partial charge >= 0.3 is 0 Å². The van der Waals surface area contributed by atoms with Gasteiger partial charge in [-0.3, -0.25) is 0 Å². The molecule has 0 aliphatic carbocycles. The molecule has 0 spiro atoms. The van der Waals surface area contributed by atoms with E-state index in [0.717, 1.165) is 41.4 Å². The molecular weight excluding hydrogens is 359 g/mol. The van der Waals surface area contributed by atoms with Crippen LogP contribution in [-0.2, 0) is 24.4 Å². The second-order valence-corrected chi connectivity index (χ2v) is 7.01. The van der Waals surface area contributed by atoms with E-state index in [1.165, 1.54) is 0 Å². The summed E-state index contributed by atoms with van der Waals surface area (Å²) in [6, 6.07) is 7.55. The Bertz CT molecular complexity index is 996. The van der Waals surface area contributed by atoms with E-state index in [-0.39, 0.29) is 6.54 Å². The molecular formula is C20H25FN6O. The molecule has 4 rings (SSSR count). The van der Waals surface area contributed by atoms with E-state index in [1.807, 2.05) is 31.2 Å². The van der Waals surface area contributed by atoms with E-state index in [2.05, 4.69) is 9.88 Å². The largest absolute Gasteiger partial charge is 0.396 e. The monoisotopic (exact) mass is 384 g/mol. The van der Waals surface area contributed by atoms with Gasteiger partial charge in [-0.2, -0.15) is 0 Å². The molecule has 2 aromatic heterocycles. The van der Waals surface area contributed by atoms with Gasteiger partial charge in [-0.05, 0) is 23.6 Å². The number of rotatable bonds is 5. The van der Waals surface area contributed by atoms with Crippen molar-refractivity contribution in [3.05, 3.63) is 52.3 Å². The van der Waals surface area contributed by atoms with Crippen molar-refractivity contribution in [2.75, 3.05) is 36.9 Å².